The van der Waals surface area contributed by atoms with Crippen LogP contribution < -0.4 is 5.32 Å². The number of anilines is 1. The molecule has 0 aliphatic heterocycles. The summed E-state index contributed by atoms with van der Waals surface area (Å²) in [6.45, 7) is 2.69. The molecule has 0 saturated heterocycles. The number of phenols is 1. The molecule has 1 heterocycles. The minimum absolute atomic E-state index is 0.0303. The van der Waals surface area contributed by atoms with Gasteiger partial charge in [0.05, 0.1) is 10.5 Å². The number of aromatic hydroxyl groups is 1. The lowest BCUT2D eigenvalue weighted by Gasteiger charge is -2.06. The van der Waals surface area contributed by atoms with Gasteiger partial charge in [0, 0.05) is 17.8 Å². The third kappa shape index (κ3) is 2.60. The van der Waals surface area contributed by atoms with E-state index in [0.717, 1.165) is 5.52 Å². The number of benzene rings is 2. The van der Waals surface area contributed by atoms with E-state index in [1.807, 2.05) is 13.0 Å². The van der Waals surface area contributed by atoms with Crippen molar-refractivity contribution in [1.82, 2.24) is 15.0 Å². The largest absolute Gasteiger partial charge is 0.506 e. The number of nitrogens with zero attached hydrogens (tertiary/aromatic N) is 3. The minimum Gasteiger partial charge on any atom is -0.506 e. The molecule has 7 heteroatoms. The highest BCUT2D eigenvalue weighted by atomic mass is 35.5. The molecule has 112 valence electrons. The van der Waals surface area contributed by atoms with Gasteiger partial charge in [-0.25, -0.2) is 4.68 Å². The number of hydrogen-bond acceptors (Lipinski definition) is 4. The molecule has 0 atom stereocenters. The number of phenolic OH excluding ortho intramolecular Hbond substituents is 1. The lowest BCUT2D eigenvalue weighted by molar-refractivity contribution is 0.102. The minimum atomic E-state index is -0.283. The summed E-state index contributed by atoms with van der Waals surface area (Å²) in [5.41, 5.74) is 2.52. The standard InChI is InChI=1S/C15H13ClN4O2/c1-2-20-13-5-3-9(7-12(13)18-19-20)15(22)17-10-4-6-14(21)11(16)8-10/h3-8,21H,2H2,1H3,(H,17,22). The van der Waals surface area contributed by atoms with Gasteiger partial charge < -0.3 is 10.4 Å². The van der Waals surface area contributed by atoms with E-state index in [4.69, 9.17) is 11.6 Å². The van der Waals surface area contributed by atoms with Crippen LogP contribution in [-0.4, -0.2) is 26.0 Å². The summed E-state index contributed by atoms with van der Waals surface area (Å²) in [4.78, 5) is 12.3. The molecule has 0 fully saturated rings. The Morgan fingerprint density at radius 1 is 1.32 bits per heavy atom. The molecule has 0 aliphatic carbocycles. The molecule has 0 spiro atoms. The van der Waals surface area contributed by atoms with E-state index in [0.29, 0.717) is 23.3 Å². The van der Waals surface area contributed by atoms with E-state index >= 15 is 0 Å². The fourth-order valence-electron chi connectivity index (χ4n) is 2.13. The highest BCUT2D eigenvalue weighted by Crippen LogP contribution is 2.26. The molecule has 0 saturated carbocycles. The summed E-state index contributed by atoms with van der Waals surface area (Å²) in [6.07, 6.45) is 0. The Morgan fingerprint density at radius 3 is 2.86 bits per heavy atom. The number of carbonyl (C=O) groups excluding carboxylic acids is 1. The zero-order valence-electron chi connectivity index (χ0n) is 11.7. The first kappa shape index (κ1) is 14.3. The number of fused-ring (bicyclic) bond motifs is 1. The van der Waals surface area contributed by atoms with Gasteiger partial charge in [0.15, 0.2) is 0 Å². The van der Waals surface area contributed by atoms with Crippen molar-refractivity contribution >= 4 is 34.2 Å². The fraction of sp³-hybridized carbons (Fsp3) is 0.133. The first-order valence-corrected chi connectivity index (χ1v) is 7.09. The van der Waals surface area contributed by atoms with Crippen LogP contribution in [0.1, 0.15) is 17.3 Å². The molecule has 1 aromatic heterocycles. The van der Waals surface area contributed by atoms with Crippen LogP contribution in [0.4, 0.5) is 5.69 Å². The van der Waals surface area contributed by atoms with Crippen molar-refractivity contribution in [3.63, 3.8) is 0 Å². The lowest BCUT2D eigenvalue weighted by Crippen LogP contribution is -2.11. The molecule has 2 aromatic carbocycles. The van der Waals surface area contributed by atoms with Crippen molar-refractivity contribution in [1.29, 1.82) is 0 Å². The highest BCUT2D eigenvalue weighted by Gasteiger charge is 2.11. The average Bonchev–Trinajstić information content (AvgIpc) is 2.93. The summed E-state index contributed by atoms with van der Waals surface area (Å²) in [7, 11) is 0. The summed E-state index contributed by atoms with van der Waals surface area (Å²) in [5.74, 6) is -0.313. The zero-order chi connectivity index (χ0) is 15.7. The van der Waals surface area contributed by atoms with Crippen molar-refractivity contribution in [2.24, 2.45) is 0 Å². The average molecular weight is 317 g/mol. The molecule has 6 nitrogen and oxygen atoms in total. The normalized spacial score (nSPS) is 10.8. The van der Waals surface area contributed by atoms with Crippen molar-refractivity contribution in [3.8, 4) is 5.75 Å². The van der Waals surface area contributed by atoms with Gasteiger partial charge in [0.25, 0.3) is 5.91 Å². The second-order valence-electron chi connectivity index (χ2n) is 4.73. The lowest BCUT2D eigenvalue weighted by atomic mass is 10.2. The summed E-state index contributed by atoms with van der Waals surface area (Å²) in [6, 6.07) is 9.71. The zero-order valence-corrected chi connectivity index (χ0v) is 12.5. The van der Waals surface area contributed by atoms with Crippen molar-refractivity contribution in [3.05, 3.63) is 47.0 Å². The van der Waals surface area contributed by atoms with Crippen LogP contribution in [0.5, 0.6) is 5.75 Å². The van der Waals surface area contributed by atoms with Crippen molar-refractivity contribution in [2.45, 2.75) is 13.5 Å². The van der Waals surface area contributed by atoms with E-state index in [1.54, 1.807) is 22.9 Å². The predicted octanol–water partition coefficient (Wildman–Crippen LogP) is 3.06. The van der Waals surface area contributed by atoms with E-state index in [9.17, 15) is 9.90 Å². The Kier molecular flexibility index (Phi) is 3.68. The van der Waals surface area contributed by atoms with Crippen molar-refractivity contribution in [2.75, 3.05) is 5.32 Å². The summed E-state index contributed by atoms with van der Waals surface area (Å²) < 4.78 is 1.76. The second-order valence-corrected chi connectivity index (χ2v) is 5.14. The fourth-order valence-corrected chi connectivity index (χ4v) is 2.32. The van der Waals surface area contributed by atoms with Gasteiger partial charge in [-0.15, -0.1) is 5.10 Å². The van der Waals surface area contributed by atoms with E-state index in [2.05, 4.69) is 15.6 Å². The van der Waals surface area contributed by atoms with Crippen molar-refractivity contribution < 1.29 is 9.90 Å². The van der Waals surface area contributed by atoms with Gasteiger partial charge in [-0.1, -0.05) is 16.8 Å². The molecule has 0 bridgehead atoms. The Morgan fingerprint density at radius 2 is 2.14 bits per heavy atom. The van der Waals surface area contributed by atoms with Gasteiger partial charge in [-0.2, -0.15) is 0 Å². The Balaban J connectivity index is 1.86. The van der Waals surface area contributed by atoms with Crippen LogP contribution in [0.25, 0.3) is 11.0 Å². The number of amides is 1. The molecule has 2 N–H and O–H groups in total. The van der Waals surface area contributed by atoms with Crippen LogP contribution >= 0.6 is 11.6 Å². The third-order valence-corrected chi connectivity index (χ3v) is 3.58. The van der Waals surface area contributed by atoms with Gasteiger partial charge >= 0.3 is 0 Å². The number of hydrogen-bond donors (Lipinski definition) is 2. The first-order valence-electron chi connectivity index (χ1n) is 6.71. The molecule has 3 aromatic rings. The topological polar surface area (TPSA) is 80.0 Å². The van der Waals surface area contributed by atoms with Crippen LogP contribution in [0.2, 0.25) is 5.02 Å². The maximum Gasteiger partial charge on any atom is 0.255 e. The first-order chi connectivity index (χ1) is 10.6. The Hall–Kier alpha value is -2.60. The maximum absolute atomic E-state index is 12.3. The number of carbonyl (C=O) groups is 1. The number of aryl methyl sites for hydroxylation is 1. The number of rotatable bonds is 3. The molecule has 0 radical (unpaired) electrons. The van der Waals surface area contributed by atoms with Gasteiger partial charge in [-0.3, -0.25) is 4.79 Å². The van der Waals surface area contributed by atoms with Gasteiger partial charge in [-0.05, 0) is 43.3 Å². The van der Waals surface area contributed by atoms with E-state index in [1.165, 1.54) is 12.1 Å². The Bertz CT molecular complexity index is 860. The van der Waals surface area contributed by atoms with Crippen LogP contribution in [0.15, 0.2) is 36.4 Å². The number of halogens is 1. The van der Waals surface area contributed by atoms with E-state index in [-0.39, 0.29) is 16.7 Å². The predicted molar refractivity (Wildman–Crippen MR) is 84.3 cm³/mol. The van der Waals surface area contributed by atoms with Crippen LogP contribution in [-0.2, 0) is 6.54 Å². The van der Waals surface area contributed by atoms with Crippen LogP contribution in [0.3, 0.4) is 0 Å². The monoisotopic (exact) mass is 316 g/mol. The summed E-state index contributed by atoms with van der Waals surface area (Å²) >= 11 is 5.82. The number of aromatic nitrogens is 3. The molecule has 3 rings (SSSR count). The molecule has 0 aliphatic rings. The maximum atomic E-state index is 12.3. The van der Waals surface area contributed by atoms with Gasteiger partial charge in [0.1, 0.15) is 11.3 Å². The second kappa shape index (κ2) is 5.65. The molecule has 22 heavy (non-hydrogen) atoms. The Labute approximate surface area is 131 Å². The molecular formula is C15H13ClN4O2. The summed E-state index contributed by atoms with van der Waals surface area (Å²) in [5, 5.41) is 20.3. The third-order valence-electron chi connectivity index (χ3n) is 3.28. The molecule has 0 unspecified atom stereocenters. The highest BCUT2D eigenvalue weighted by molar-refractivity contribution is 6.32. The van der Waals surface area contributed by atoms with E-state index < -0.39 is 0 Å². The van der Waals surface area contributed by atoms with Crippen LogP contribution in [0, 0.1) is 0 Å². The molecular weight excluding hydrogens is 304 g/mol. The molecule has 1 amide bonds. The number of nitrogens with one attached hydrogen (secondary N) is 1. The SMILES string of the molecule is CCn1nnc2cc(C(=O)Nc3ccc(O)c(Cl)c3)ccc21. The smallest absolute Gasteiger partial charge is 0.255 e. The van der Waals surface area contributed by atoms with Gasteiger partial charge in [0.2, 0.25) is 0 Å². The quantitative estimate of drug-likeness (QED) is 0.728.